The number of carbonyl (C=O) groups excluding carboxylic acids is 1. The number of rotatable bonds is 6. The van der Waals surface area contributed by atoms with Crippen molar-refractivity contribution in [3.63, 3.8) is 0 Å². The van der Waals surface area contributed by atoms with Crippen molar-refractivity contribution in [3.8, 4) is 11.3 Å². The first-order chi connectivity index (χ1) is 14.5. The van der Waals surface area contributed by atoms with E-state index in [1.807, 2.05) is 49.4 Å². The molecule has 0 saturated carbocycles. The molecule has 0 bridgehead atoms. The lowest BCUT2D eigenvalue weighted by Crippen LogP contribution is -2.27. The number of carbonyl (C=O) groups is 1. The van der Waals surface area contributed by atoms with Crippen LogP contribution < -0.4 is 10.9 Å². The summed E-state index contributed by atoms with van der Waals surface area (Å²) in [4.78, 5) is 29.2. The molecule has 0 fully saturated rings. The molecule has 0 atom stereocenters. The number of nitrogens with zero attached hydrogens (tertiary/aromatic N) is 3. The fraction of sp³-hybridized carbons (Fsp3) is 0.182. The van der Waals surface area contributed by atoms with Gasteiger partial charge in [-0.15, -0.1) is 0 Å². The highest BCUT2D eigenvalue weighted by Gasteiger charge is 2.16. The second-order valence-corrected chi connectivity index (χ2v) is 7.34. The summed E-state index contributed by atoms with van der Waals surface area (Å²) >= 11 is 6.09. The van der Waals surface area contributed by atoms with Gasteiger partial charge in [-0.3, -0.25) is 14.2 Å². The van der Waals surface area contributed by atoms with Crippen LogP contribution in [0.5, 0.6) is 0 Å². The molecule has 30 heavy (non-hydrogen) atoms. The smallest absolute Gasteiger partial charge is 0.299 e. The van der Waals surface area contributed by atoms with Gasteiger partial charge < -0.3 is 9.84 Å². The summed E-state index contributed by atoms with van der Waals surface area (Å²) in [6.07, 6.45) is 1.54. The van der Waals surface area contributed by atoms with Crippen LogP contribution >= 0.6 is 11.6 Å². The predicted octanol–water partition coefficient (Wildman–Crippen LogP) is 3.72. The van der Waals surface area contributed by atoms with Crippen molar-refractivity contribution in [1.82, 2.24) is 20.0 Å². The van der Waals surface area contributed by atoms with Gasteiger partial charge in [0, 0.05) is 30.1 Å². The summed E-state index contributed by atoms with van der Waals surface area (Å²) in [5.41, 5.74) is 3.40. The first-order valence-electron chi connectivity index (χ1n) is 9.45. The van der Waals surface area contributed by atoms with Crippen LogP contribution in [-0.2, 0) is 17.9 Å². The molecule has 2 heterocycles. The maximum Gasteiger partial charge on any atom is 0.299 e. The van der Waals surface area contributed by atoms with E-state index in [1.165, 1.54) is 10.9 Å². The summed E-state index contributed by atoms with van der Waals surface area (Å²) in [5.74, 6) is -0.195. The summed E-state index contributed by atoms with van der Waals surface area (Å²) in [6, 6.07) is 15.0. The molecule has 0 aliphatic heterocycles. The van der Waals surface area contributed by atoms with Gasteiger partial charge in [-0.05, 0) is 18.6 Å². The SMILES string of the molecule is Cc1ccc(-c2noc3c(=O)n(CCC(=O)NCc4ccccc4Cl)cnc23)cc1. The van der Waals surface area contributed by atoms with E-state index in [0.29, 0.717) is 22.8 Å². The highest BCUT2D eigenvalue weighted by molar-refractivity contribution is 6.31. The molecule has 0 aliphatic rings. The number of nitrogens with one attached hydrogen (secondary N) is 1. The van der Waals surface area contributed by atoms with Crippen LogP contribution in [0, 0.1) is 6.92 Å². The molecule has 1 amide bonds. The van der Waals surface area contributed by atoms with Gasteiger partial charge in [0.2, 0.25) is 5.91 Å². The summed E-state index contributed by atoms with van der Waals surface area (Å²) < 4.78 is 6.62. The zero-order valence-corrected chi connectivity index (χ0v) is 17.0. The van der Waals surface area contributed by atoms with E-state index in [9.17, 15) is 9.59 Å². The Labute approximate surface area is 177 Å². The van der Waals surface area contributed by atoms with Gasteiger partial charge in [0.1, 0.15) is 11.2 Å². The molecule has 0 radical (unpaired) electrons. The van der Waals surface area contributed by atoms with Gasteiger partial charge in [0.05, 0.1) is 6.33 Å². The first-order valence-corrected chi connectivity index (χ1v) is 9.82. The largest absolute Gasteiger partial charge is 0.352 e. The second kappa shape index (κ2) is 8.51. The molecule has 7 nitrogen and oxygen atoms in total. The third-order valence-electron chi connectivity index (χ3n) is 4.79. The van der Waals surface area contributed by atoms with Gasteiger partial charge >= 0.3 is 0 Å². The number of benzene rings is 2. The van der Waals surface area contributed by atoms with Crippen LogP contribution in [0.15, 0.2) is 64.2 Å². The van der Waals surface area contributed by atoms with Gasteiger partial charge in [0.15, 0.2) is 0 Å². The van der Waals surface area contributed by atoms with Crippen molar-refractivity contribution in [1.29, 1.82) is 0 Å². The van der Waals surface area contributed by atoms with Crippen molar-refractivity contribution in [3.05, 3.63) is 81.4 Å². The molecule has 0 spiro atoms. The van der Waals surface area contributed by atoms with Crippen LogP contribution in [-0.4, -0.2) is 20.6 Å². The molecule has 4 rings (SSSR count). The Morgan fingerprint density at radius 2 is 1.93 bits per heavy atom. The van der Waals surface area contributed by atoms with Crippen LogP contribution in [0.3, 0.4) is 0 Å². The molecule has 2 aromatic heterocycles. The van der Waals surface area contributed by atoms with E-state index in [1.54, 1.807) is 6.07 Å². The number of hydrogen-bond donors (Lipinski definition) is 1. The Bertz CT molecular complexity index is 1260. The van der Waals surface area contributed by atoms with E-state index < -0.39 is 0 Å². The minimum Gasteiger partial charge on any atom is -0.352 e. The molecule has 4 aromatic rings. The molecule has 0 unspecified atom stereocenters. The van der Waals surface area contributed by atoms with Crippen LogP contribution in [0.2, 0.25) is 5.02 Å². The molecule has 0 aliphatic carbocycles. The Kier molecular flexibility index (Phi) is 5.63. The van der Waals surface area contributed by atoms with E-state index in [4.69, 9.17) is 16.1 Å². The lowest BCUT2D eigenvalue weighted by Gasteiger charge is -2.08. The third kappa shape index (κ3) is 4.11. The predicted molar refractivity (Wildman–Crippen MR) is 114 cm³/mol. The van der Waals surface area contributed by atoms with Gasteiger partial charge in [-0.25, -0.2) is 4.98 Å². The van der Waals surface area contributed by atoms with Gasteiger partial charge in [0.25, 0.3) is 11.1 Å². The van der Waals surface area contributed by atoms with Crippen LogP contribution in [0.1, 0.15) is 17.5 Å². The number of aromatic nitrogens is 3. The molecule has 0 saturated heterocycles. The monoisotopic (exact) mass is 422 g/mol. The molecule has 8 heteroatoms. The highest BCUT2D eigenvalue weighted by Crippen LogP contribution is 2.24. The van der Waals surface area contributed by atoms with Crippen molar-refractivity contribution >= 4 is 28.6 Å². The standard InChI is InChI=1S/C22H19ClN4O3/c1-14-6-8-15(9-7-14)19-20-21(30-26-19)22(29)27(13-25-20)11-10-18(28)24-12-16-4-2-3-5-17(16)23/h2-9,13H,10-12H2,1H3,(H,24,28). The van der Waals surface area contributed by atoms with Gasteiger partial charge in [-0.2, -0.15) is 0 Å². The van der Waals surface area contributed by atoms with Crippen LogP contribution in [0.4, 0.5) is 0 Å². The second-order valence-electron chi connectivity index (χ2n) is 6.94. The maximum atomic E-state index is 12.7. The summed E-state index contributed by atoms with van der Waals surface area (Å²) in [7, 11) is 0. The maximum absolute atomic E-state index is 12.7. The molecule has 2 aromatic carbocycles. The van der Waals surface area contributed by atoms with Crippen molar-refractivity contribution in [2.24, 2.45) is 0 Å². The first kappa shape index (κ1) is 19.8. The number of fused-ring (bicyclic) bond motifs is 1. The average Bonchev–Trinajstić information content (AvgIpc) is 3.18. The number of hydrogen-bond acceptors (Lipinski definition) is 5. The number of amides is 1. The average molecular weight is 423 g/mol. The molecular weight excluding hydrogens is 404 g/mol. The lowest BCUT2D eigenvalue weighted by molar-refractivity contribution is -0.121. The third-order valence-corrected chi connectivity index (χ3v) is 5.16. The lowest BCUT2D eigenvalue weighted by atomic mass is 10.1. The van der Waals surface area contributed by atoms with Crippen molar-refractivity contribution in [2.45, 2.75) is 26.4 Å². The van der Waals surface area contributed by atoms with E-state index in [2.05, 4.69) is 15.5 Å². The van der Waals surface area contributed by atoms with Crippen molar-refractivity contribution < 1.29 is 9.32 Å². The van der Waals surface area contributed by atoms with E-state index in [0.717, 1.165) is 16.7 Å². The normalized spacial score (nSPS) is 11.0. The molecule has 152 valence electrons. The van der Waals surface area contributed by atoms with Crippen molar-refractivity contribution in [2.75, 3.05) is 0 Å². The fourth-order valence-corrected chi connectivity index (χ4v) is 3.26. The fourth-order valence-electron chi connectivity index (χ4n) is 3.06. The highest BCUT2D eigenvalue weighted by atomic mass is 35.5. The Hall–Kier alpha value is -3.45. The van der Waals surface area contributed by atoms with E-state index >= 15 is 0 Å². The quantitative estimate of drug-likeness (QED) is 0.511. The Morgan fingerprint density at radius 1 is 1.17 bits per heavy atom. The van der Waals surface area contributed by atoms with E-state index in [-0.39, 0.29) is 30.0 Å². The van der Waals surface area contributed by atoms with Gasteiger partial charge in [-0.1, -0.05) is 64.8 Å². The minimum absolute atomic E-state index is 0.0737. The zero-order valence-electron chi connectivity index (χ0n) is 16.3. The number of halogens is 1. The summed E-state index contributed by atoms with van der Waals surface area (Å²) in [5, 5.41) is 7.42. The molecule has 1 N–H and O–H groups in total. The Balaban J connectivity index is 1.45. The zero-order chi connectivity index (χ0) is 21.1. The molecular formula is C22H19ClN4O3. The van der Waals surface area contributed by atoms with Crippen LogP contribution in [0.25, 0.3) is 22.4 Å². The topological polar surface area (TPSA) is 90.0 Å². The number of aryl methyl sites for hydroxylation is 2. The minimum atomic E-state index is -0.371. The summed E-state index contributed by atoms with van der Waals surface area (Å²) in [6.45, 7) is 2.50. The Morgan fingerprint density at radius 3 is 2.70 bits per heavy atom.